The van der Waals surface area contributed by atoms with E-state index in [9.17, 15) is 5.11 Å². The van der Waals surface area contributed by atoms with Crippen LogP contribution in [-0.4, -0.2) is 47.8 Å². The normalized spacial score (nSPS) is 33.2. The highest BCUT2D eigenvalue weighted by Crippen LogP contribution is 2.27. The summed E-state index contributed by atoms with van der Waals surface area (Å²) in [7, 11) is 0. The molecular weight excluding hydrogens is 188 g/mol. The Kier molecular flexibility index (Phi) is 4.00. The predicted molar refractivity (Wildman–Crippen MR) is 61.9 cm³/mol. The molecule has 0 aliphatic carbocycles. The Hall–Kier alpha value is -0.120. The molecule has 2 saturated heterocycles. The van der Waals surface area contributed by atoms with Gasteiger partial charge in [0.1, 0.15) is 0 Å². The summed E-state index contributed by atoms with van der Waals surface area (Å²) in [4.78, 5) is 2.62. The van der Waals surface area contributed by atoms with Crippen LogP contribution in [0.2, 0.25) is 0 Å². The molecule has 2 aliphatic rings. The maximum absolute atomic E-state index is 9.47. The van der Waals surface area contributed by atoms with Gasteiger partial charge in [0.15, 0.2) is 0 Å². The Morgan fingerprint density at radius 1 is 1.40 bits per heavy atom. The van der Waals surface area contributed by atoms with Crippen LogP contribution in [0.15, 0.2) is 0 Å². The van der Waals surface area contributed by atoms with Crippen molar-refractivity contribution in [2.45, 2.75) is 57.2 Å². The topological polar surface area (TPSA) is 35.5 Å². The molecule has 0 amide bonds. The van der Waals surface area contributed by atoms with Crippen molar-refractivity contribution in [3.63, 3.8) is 0 Å². The summed E-state index contributed by atoms with van der Waals surface area (Å²) in [5, 5.41) is 13.1. The first kappa shape index (κ1) is 11.4. The van der Waals surface area contributed by atoms with Crippen LogP contribution in [0.4, 0.5) is 0 Å². The molecule has 2 heterocycles. The molecule has 3 unspecified atom stereocenters. The summed E-state index contributed by atoms with van der Waals surface area (Å²) in [6.07, 6.45) is 5.71. The minimum Gasteiger partial charge on any atom is -0.393 e. The van der Waals surface area contributed by atoms with Gasteiger partial charge in [-0.05, 0) is 45.2 Å². The molecule has 2 aliphatic heterocycles. The van der Waals surface area contributed by atoms with Crippen molar-refractivity contribution >= 4 is 0 Å². The molecule has 3 atom stereocenters. The molecule has 0 aromatic heterocycles. The van der Waals surface area contributed by atoms with Crippen molar-refractivity contribution in [1.82, 2.24) is 10.2 Å². The zero-order valence-corrected chi connectivity index (χ0v) is 9.78. The third-order valence-electron chi connectivity index (χ3n) is 3.96. The molecule has 2 rings (SSSR count). The Morgan fingerprint density at radius 2 is 2.27 bits per heavy atom. The van der Waals surface area contributed by atoms with Gasteiger partial charge in [-0.3, -0.25) is 4.90 Å². The zero-order valence-electron chi connectivity index (χ0n) is 9.78. The lowest BCUT2D eigenvalue weighted by Gasteiger charge is -2.21. The summed E-state index contributed by atoms with van der Waals surface area (Å²) < 4.78 is 0. The molecule has 0 aromatic carbocycles. The van der Waals surface area contributed by atoms with Gasteiger partial charge in [-0.15, -0.1) is 0 Å². The molecule has 2 fully saturated rings. The number of nitrogens with zero attached hydrogens (tertiary/aromatic N) is 1. The van der Waals surface area contributed by atoms with Crippen molar-refractivity contribution in [1.29, 1.82) is 0 Å². The van der Waals surface area contributed by atoms with Crippen LogP contribution in [-0.2, 0) is 0 Å². The van der Waals surface area contributed by atoms with E-state index in [0.29, 0.717) is 6.04 Å². The predicted octanol–water partition coefficient (Wildman–Crippen LogP) is 0.974. The molecule has 2 N–H and O–H groups in total. The van der Waals surface area contributed by atoms with E-state index < -0.39 is 0 Å². The van der Waals surface area contributed by atoms with Crippen LogP contribution in [0, 0.1) is 0 Å². The van der Waals surface area contributed by atoms with E-state index in [1.54, 1.807) is 0 Å². The summed E-state index contributed by atoms with van der Waals surface area (Å²) in [5.74, 6) is 0. The Morgan fingerprint density at radius 3 is 3.07 bits per heavy atom. The monoisotopic (exact) mass is 212 g/mol. The van der Waals surface area contributed by atoms with E-state index in [0.717, 1.165) is 25.4 Å². The fourth-order valence-electron chi connectivity index (χ4n) is 2.96. The highest BCUT2D eigenvalue weighted by molar-refractivity contribution is 4.95. The summed E-state index contributed by atoms with van der Waals surface area (Å²) >= 11 is 0. The van der Waals surface area contributed by atoms with E-state index in [1.807, 2.05) is 6.92 Å². The third kappa shape index (κ3) is 2.71. The van der Waals surface area contributed by atoms with Gasteiger partial charge in [-0.25, -0.2) is 0 Å². The fraction of sp³-hybridized carbons (Fsp3) is 1.00. The highest BCUT2D eigenvalue weighted by Gasteiger charge is 2.36. The largest absolute Gasteiger partial charge is 0.393 e. The number of hydrogen-bond acceptors (Lipinski definition) is 3. The molecule has 0 saturated carbocycles. The lowest BCUT2D eigenvalue weighted by Crippen LogP contribution is -2.40. The van der Waals surface area contributed by atoms with Gasteiger partial charge < -0.3 is 10.4 Å². The summed E-state index contributed by atoms with van der Waals surface area (Å²) in [6.45, 7) is 5.60. The van der Waals surface area contributed by atoms with Crippen molar-refractivity contribution in [3.05, 3.63) is 0 Å². The highest BCUT2D eigenvalue weighted by atomic mass is 16.3. The number of fused-ring (bicyclic) bond motifs is 1. The molecule has 88 valence electrons. The third-order valence-corrected chi connectivity index (χ3v) is 3.96. The van der Waals surface area contributed by atoms with E-state index in [1.165, 1.54) is 32.4 Å². The van der Waals surface area contributed by atoms with Crippen molar-refractivity contribution < 1.29 is 5.11 Å². The van der Waals surface area contributed by atoms with Crippen LogP contribution in [0.5, 0.6) is 0 Å². The molecule has 3 nitrogen and oxygen atoms in total. The Balaban J connectivity index is 1.67. The maximum Gasteiger partial charge on any atom is 0.0549 e. The minimum atomic E-state index is -0.112. The van der Waals surface area contributed by atoms with Gasteiger partial charge >= 0.3 is 0 Å². The number of aliphatic hydroxyl groups is 1. The molecule has 0 spiro atoms. The SMILES string of the molecule is CCC(O)CCNC1CCN2CCCC12. The smallest absolute Gasteiger partial charge is 0.0549 e. The van der Waals surface area contributed by atoms with Gasteiger partial charge in [0.2, 0.25) is 0 Å². The minimum absolute atomic E-state index is 0.112. The van der Waals surface area contributed by atoms with E-state index in [4.69, 9.17) is 0 Å². The Bertz CT molecular complexity index is 198. The number of aliphatic hydroxyl groups excluding tert-OH is 1. The fourth-order valence-corrected chi connectivity index (χ4v) is 2.96. The molecule has 3 heteroatoms. The lowest BCUT2D eigenvalue weighted by atomic mass is 10.1. The van der Waals surface area contributed by atoms with Gasteiger partial charge in [-0.2, -0.15) is 0 Å². The number of hydrogen-bond donors (Lipinski definition) is 2. The van der Waals surface area contributed by atoms with Crippen LogP contribution >= 0.6 is 0 Å². The van der Waals surface area contributed by atoms with E-state index in [2.05, 4.69) is 10.2 Å². The molecule has 0 aromatic rings. The van der Waals surface area contributed by atoms with Crippen LogP contribution in [0.3, 0.4) is 0 Å². The van der Waals surface area contributed by atoms with Gasteiger partial charge in [0.05, 0.1) is 6.10 Å². The second-order valence-electron chi connectivity index (χ2n) is 4.95. The van der Waals surface area contributed by atoms with Crippen LogP contribution in [0.1, 0.15) is 39.0 Å². The second kappa shape index (κ2) is 5.28. The quantitative estimate of drug-likeness (QED) is 0.713. The van der Waals surface area contributed by atoms with Gasteiger partial charge in [-0.1, -0.05) is 6.92 Å². The average Bonchev–Trinajstić information content (AvgIpc) is 2.81. The average molecular weight is 212 g/mol. The second-order valence-corrected chi connectivity index (χ2v) is 4.95. The first-order chi connectivity index (χ1) is 7.31. The molecule has 0 bridgehead atoms. The van der Waals surface area contributed by atoms with Crippen molar-refractivity contribution in [2.75, 3.05) is 19.6 Å². The van der Waals surface area contributed by atoms with Crippen molar-refractivity contribution in [2.24, 2.45) is 0 Å². The number of rotatable bonds is 5. The first-order valence-corrected chi connectivity index (χ1v) is 6.46. The van der Waals surface area contributed by atoms with Crippen molar-refractivity contribution in [3.8, 4) is 0 Å². The maximum atomic E-state index is 9.47. The summed E-state index contributed by atoms with van der Waals surface area (Å²) in [6, 6.07) is 1.49. The van der Waals surface area contributed by atoms with Crippen LogP contribution in [0.25, 0.3) is 0 Å². The molecule has 0 radical (unpaired) electrons. The Labute approximate surface area is 92.8 Å². The molecule has 15 heavy (non-hydrogen) atoms. The van der Waals surface area contributed by atoms with Gasteiger partial charge in [0, 0.05) is 18.6 Å². The lowest BCUT2D eigenvalue weighted by molar-refractivity contribution is 0.157. The first-order valence-electron chi connectivity index (χ1n) is 6.46. The number of nitrogens with one attached hydrogen (secondary N) is 1. The standard InChI is InChI=1S/C12H24N2O/c1-2-10(15)5-7-13-11-6-9-14-8-3-4-12(11)14/h10-13,15H,2-9H2,1H3. The molecular formula is C12H24N2O. The van der Waals surface area contributed by atoms with E-state index >= 15 is 0 Å². The van der Waals surface area contributed by atoms with E-state index in [-0.39, 0.29) is 6.10 Å². The summed E-state index contributed by atoms with van der Waals surface area (Å²) in [5.41, 5.74) is 0. The van der Waals surface area contributed by atoms with Gasteiger partial charge in [0.25, 0.3) is 0 Å². The van der Waals surface area contributed by atoms with Crippen LogP contribution < -0.4 is 5.32 Å². The zero-order chi connectivity index (χ0) is 10.7.